The molecule has 1 rings (SSSR count). The number of nitrogens with zero attached hydrogens (tertiary/aromatic N) is 1. The number of carbonyl (C=O) groups is 1. The first kappa shape index (κ1) is 11.6. The highest BCUT2D eigenvalue weighted by Gasteiger charge is 1.91. The fraction of sp³-hybridized carbons (Fsp3) is 0.333. The topological polar surface area (TPSA) is 70.4 Å². The smallest absolute Gasteiger partial charge is 0.300 e. The summed E-state index contributed by atoms with van der Waals surface area (Å²) in [4.78, 5) is 12.9. The number of aryl methyl sites for hydroxylation is 1. The molecule has 0 saturated heterocycles. The normalized spacial score (nSPS) is 8.54. The summed E-state index contributed by atoms with van der Waals surface area (Å²) < 4.78 is 0. The van der Waals surface area contributed by atoms with E-state index in [2.05, 4.69) is 4.98 Å². The molecule has 0 fully saturated rings. The molecule has 0 aliphatic heterocycles. The second-order valence-corrected chi connectivity index (χ2v) is 2.48. The van der Waals surface area contributed by atoms with E-state index in [0.717, 1.165) is 18.1 Å². The lowest BCUT2D eigenvalue weighted by atomic mass is 10.2. The maximum atomic E-state index is 9.00. The Bertz CT molecular complexity index is 269. The minimum absolute atomic E-state index is 0.106. The van der Waals surface area contributed by atoms with E-state index in [1.54, 1.807) is 12.4 Å². The molecule has 0 spiro atoms. The molecular formula is C9H13NO3. The summed E-state index contributed by atoms with van der Waals surface area (Å²) in [5.41, 5.74) is 1.99. The van der Waals surface area contributed by atoms with Crippen molar-refractivity contribution in [2.75, 3.05) is 0 Å². The summed E-state index contributed by atoms with van der Waals surface area (Å²) >= 11 is 0. The summed E-state index contributed by atoms with van der Waals surface area (Å²) in [5.74, 6) is -0.833. The standard InChI is InChI=1S/C7H9NO.C2H4O2/c1-6-4-8-3-2-7(6)5-9;1-2(3)4/h2-4,9H,5H2,1H3;1H3,(H,3,4). The molecule has 2 N–H and O–H groups in total. The molecule has 0 atom stereocenters. The predicted molar refractivity (Wildman–Crippen MR) is 48.2 cm³/mol. The molecule has 0 unspecified atom stereocenters. The van der Waals surface area contributed by atoms with Crippen molar-refractivity contribution in [1.82, 2.24) is 4.98 Å². The van der Waals surface area contributed by atoms with Crippen molar-refractivity contribution in [3.8, 4) is 0 Å². The predicted octanol–water partition coefficient (Wildman–Crippen LogP) is 0.973. The van der Waals surface area contributed by atoms with E-state index in [1.807, 2.05) is 13.0 Å². The Hall–Kier alpha value is -1.42. The van der Waals surface area contributed by atoms with Gasteiger partial charge in [0.25, 0.3) is 5.97 Å². The summed E-state index contributed by atoms with van der Waals surface area (Å²) in [6, 6.07) is 1.81. The summed E-state index contributed by atoms with van der Waals surface area (Å²) in [6.07, 6.45) is 3.42. The average Bonchev–Trinajstić information content (AvgIpc) is 2.04. The Morgan fingerprint density at radius 3 is 2.46 bits per heavy atom. The highest BCUT2D eigenvalue weighted by molar-refractivity contribution is 5.62. The Labute approximate surface area is 76.9 Å². The van der Waals surface area contributed by atoms with E-state index in [0.29, 0.717) is 0 Å². The Morgan fingerprint density at radius 1 is 1.62 bits per heavy atom. The van der Waals surface area contributed by atoms with Crippen LogP contribution in [-0.2, 0) is 11.4 Å². The molecule has 0 radical (unpaired) electrons. The number of aliphatic carboxylic acids is 1. The molecular weight excluding hydrogens is 170 g/mol. The number of carboxylic acid groups (broad SMARTS) is 1. The molecule has 4 nitrogen and oxygen atoms in total. The van der Waals surface area contributed by atoms with Crippen LogP contribution in [0.4, 0.5) is 0 Å². The van der Waals surface area contributed by atoms with Gasteiger partial charge >= 0.3 is 0 Å². The number of pyridine rings is 1. The maximum absolute atomic E-state index is 9.00. The van der Waals surface area contributed by atoms with Crippen LogP contribution >= 0.6 is 0 Å². The van der Waals surface area contributed by atoms with Gasteiger partial charge in [0, 0.05) is 19.3 Å². The second-order valence-electron chi connectivity index (χ2n) is 2.48. The van der Waals surface area contributed by atoms with Gasteiger partial charge in [-0.25, -0.2) is 0 Å². The first-order valence-corrected chi connectivity index (χ1v) is 3.77. The number of carboxylic acids is 1. The molecule has 0 amide bonds. The van der Waals surface area contributed by atoms with Crippen LogP contribution in [0.2, 0.25) is 0 Å². The molecule has 0 aromatic carbocycles. The van der Waals surface area contributed by atoms with Crippen molar-refractivity contribution in [2.45, 2.75) is 20.5 Å². The highest BCUT2D eigenvalue weighted by atomic mass is 16.4. The summed E-state index contributed by atoms with van der Waals surface area (Å²) in [6.45, 7) is 3.12. The minimum Gasteiger partial charge on any atom is -0.481 e. The van der Waals surface area contributed by atoms with Gasteiger partial charge in [-0.3, -0.25) is 9.78 Å². The largest absolute Gasteiger partial charge is 0.481 e. The van der Waals surface area contributed by atoms with E-state index >= 15 is 0 Å². The molecule has 1 aromatic rings. The van der Waals surface area contributed by atoms with Gasteiger partial charge in [-0.2, -0.15) is 0 Å². The number of aliphatic hydroxyl groups is 1. The zero-order valence-electron chi connectivity index (χ0n) is 7.69. The van der Waals surface area contributed by atoms with Crippen LogP contribution < -0.4 is 0 Å². The molecule has 1 aromatic heterocycles. The van der Waals surface area contributed by atoms with Gasteiger partial charge in [-0.15, -0.1) is 0 Å². The third-order valence-electron chi connectivity index (χ3n) is 1.31. The van der Waals surface area contributed by atoms with Gasteiger partial charge in [-0.05, 0) is 24.1 Å². The molecule has 0 aliphatic carbocycles. The fourth-order valence-electron chi connectivity index (χ4n) is 0.680. The third kappa shape index (κ3) is 5.81. The summed E-state index contributed by atoms with van der Waals surface area (Å²) in [5, 5.41) is 16.1. The van der Waals surface area contributed by atoms with Crippen molar-refractivity contribution < 1.29 is 15.0 Å². The van der Waals surface area contributed by atoms with Crippen molar-refractivity contribution >= 4 is 5.97 Å². The molecule has 4 heteroatoms. The molecule has 0 saturated carbocycles. The van der Waals surface area contributed by atoms with E-state index in [4.69, 9.17) is 15.0 Å². The minimum atomic E-state index is -0.833. The van der Waals surface area contributed by atoms with Gasteiger partial charge < -0.3 is 10.2 Å². The third-order valence-corrected chi connectivity index (χ3v) is 1.31. The molecule has 0 aliphatic rings. The molecule has 72 valence electrons. The van der Waals surface area contributed by atoms with Crippen molar-refractivity contribution in [2.24, 2.45) is 0 Å². The van der Waals surface area contributed by atoms with Crippen LogP contribution in [0.25, 0.3) is 0 Å². The Morgan fingerprint density at radius 2 is 2.15 bits per heavy atom. The van der Waals surface area contributed by atoms with Gasteiger partial charge in [-0.1, -0.05) is 0 Å². The van der Waals surface area contributed by atoms with E-state index in [-0.39, 0.29) is 6.61 Å². The molecule has 13 heavy (non-hydrogen) atoms. The lowest BCUT2D eigenvalue weighted by molar-refractivity contribution is -0.134. The second kappa shape index (κ2) is 6.14. The number of rotatable bonds is 1. The first-order chi connectivity index (χ1) is 6.07. The average molecular weight is 183 g/mol. The van der Waals surface area contributed by atoms with Crippen LogP contribution in [0, 0.1) is 6.92 Å². The van der Waals surface area contributed by atoms with Crippen molar-refractivity contribution in [1.29, 1.82) is 0 Å². The zero-order chi connectivity index (χ0) is 10.3. The zero-order valence-corrected chi connectivity index (χ0v) is 7.69. The SMILES string of the molecule is CC(=O)O.Cc1cnccc1CO. The van der Waals surface area contributed by atoms with Crippen LogP contribution in [0.5, 0.6) is 0 Å². The van der Waals surface area contributed by atoms with Gasteiger partial charge in [0.1, 0.15) is 0 Å². The van der Waals surface area contributed by atoms with Crippen LogP contribution in [0.3, 0.4) is 0 Å². The monoisotopic (exact) mass is 183 g/mol. The van der Waals surface area contributed by atoms with Crippen molar-refractivity contribution in [3.63, 3.8) is 0 Å². The molecule has 1 heterocycles. The number of aromatic nitrogens is 1. The molecule has 0 bridgehead atoms. The Kier molecular flexibility index (Phi) is 5.47. The number of hydrogen-bond donors (Lipinski definition) is 2. The van der Waals surface area contributed by atoms with Crippen LogP contribution in [0.15, 0.2) is 18.5 Å². The van der Waals surface area contributed by atoms with E-state index < -0.39 is 5.97 Å². The van der Waals surface area contributed by atoms with Crippen LogP contribution in [-0.4, -0.2) is 21.2 Å². The lowest BCUT2D eigenvalue weighted by Crippen LogP contribution is -1.87. The quantitative estimate of drug-likeness (QED) is 0.680. The van der Waals surface area contributed by atoms with E-state index in [9.17, 15) is 0 Å². The summed E-state index contributed by atoms with van der Waals surface area (Å²) in [7, 11) is 0. The highest BCUT2D eigenvalue weighted by Crippen LogP contribution is 2.02. The van der Waals surface area contributed by atoms with Crippen molar-refractivity contribution in [3.05, 3.63) is 29.6 Å². The van der Waals surface area contributed by atoms with E-state index in [1.165, 1.54) is 0 Å². The number of aliphatic hydroxyl groups excluding tert-OH is 1. The maximum Gasteiger partial charge on any atom is 0.300 e. The van der Waals surface area contributed by atoms with Gasteiger partial charge in [0.05, 0.1) is 6.61 Å². The van der Waals surface area contributed by atoms with Gasteiger partial charge in [0.15, 0.2) is 0 Å². The van der Waals surface area contributed by atoms with Crippen LogP contribution in [0.1, 0.15) is 18.1 Å². The number of hydrogen-bond acceptors (Lipinski definition) is 3. The fourth-order valence-corrected chi connectivity index (χ4v) is 0.680. The lowest BCUT2D eigenvalue weighted by Gasteiger charge is -1.97. The first-order valence-electron chi connectivity index (χ1n) is 3.77. The van der Waals surface area contributed by atoms with Gasteiger partial charge in [0.2, 0.25) is 0 Å². The Balaban J connectivity index is 0.000000310.